The average molecular weight is 419 g/mol. The van der Waals surface area contributed by atoms with Gasteiger partial charge in [0.1, 0.15) is 0 Å². The lowest BCUT2D eigenvalue weighted by Crippen LogP contribution is -2.45. The molecule has 0 spiro atoms. The van der Waals surface area contributed by atoms with E-state index in [0.29, 0.717) is 31.7 Å². The van der Waals surface area contributed by atoms with Crippen LogP contribution in [0, 0.1) is 5.92 Å². The van der Waals surface area contributed by atoms with Gasteiger partial charge in [0.05, 0.1) is 12.8 Å². The minimum absolute atomic E-state index is 0.0202. The van der Waals surface area contributed by atoms with E-state index in [0.717, 1.165) is 16.5 Å². The van der Waals surface area contributed by atoms with E-state index in [1.54, 1.807) is 24.1 Å². The van der Waals surface area contributed by atoms with Gasteiger partial charge in [0, 0.05) is 37.1 Å². The van der Waals surface area contributed by atoms with Crippen LogP contribution in [0.15, 0.2) is 65.3 Å². The molecule has 1 N–H and O–H groups in total. The zero-order valence-corrected chi connectivity index (χ0v) is 17.4. The predicted molar refractivity (Wildman–Crippen MR) is 118 cm³/mol. The van der Waals surface area contributed by atoms with Crippen LogP contribution in [0.25, 0.3) is 10.8 Å². The molecule has 2 aromatic carbocycles. The Hall–Kier alpha value is -3.61. The highest BCUT2D eigenvalue weighted by molar-refractivity contribution is 6.03. The minimum Gasteiger partial charge on any atom is -0.459 e. The van der Waals surface area contributed by atoms with Crippen LogP contribution < -0.4 is 5.32 Å². The van der Waals surface area contributed by atoms with Gasteiger partial charge in [-0.25, -0.2) is 0 Å². The van der Waals surface area contributed by atoms with Gasteiger partial charge in [0.2, 0.25) is 11.8 Å². The first-order chi connectivity index (χ1) is 15.0. The van der Waals surface area contributed by atoms with Crippen LogP contribution in [0.1, 0.15) is 23.4 Å². The molecule has 1 aromatic heterocycles. The van der Waals surface area contributed by atoms with Crippen molar-refractivity contribution in [2.24, 2.45) is 5.92 Å². The summed E-state index contributed by atoms with van der Waals surface area (Å²) in [4.78, 5) is 40.9. The molecule has 0 aliphatic carbocycles. The molecule has 2 heterocycles. The highest BCUT2D eigenvalue weighted by Crippen LogP contribution is 2.24. The van der Waals surface area contributed by atoms with Crippen LogP contribution >= 0.6 is 0 Å². The molecule has 1 fully saturated rings. The number of anilines is 1. The second-order valence-corrected chi connectivity index (χ2v) is 7.81. The summed E-state index contributed by atoms with van der Waals surface area (Å²) in [7, 11) is 1.64. The molecule has 1 saturated heterocycles. The normalized spacial score (nSPS) is 14.4. The molecular weight excluding hydrogens is 394 g/mol. The van der Waals surface area contributed by atoms with Crippen LogP contribution in [0.2, 0.25) is 0 Å². The summed E-state index contributed by atoms with van der Waals surface area (Å²) in [5.74, 6) is -0.350. The summed E-state index contributed by atoms with van der Waals surface area (Å²) in [6.45, 7) is 0.964. The summed E-state index contributed by atoms with van der Waals surface area (Å²) < 4.78 is 5.17. The first-order valence-electron chi connectivity index (χ1n) is 10.4. The fourth-order valence-electron chi connectivity index (χ4n) is 4.01. The lowest BCUT2D eigenvalue weighted by Gasteiger charge is -2.32. The van der Waals surface area contributed by atoms with Gasteiger partial charge in [-0.2, -0.15) is 0 Å². The van der Waals surface area contributed by atoms with Gasteiger partial charge in [-0.15, -0.1) is 0 Å². The fourth-order valence-corrected chi connectivity index (χ4v) is 4.01. The SMILES string of the molecule is CN(CC(=O)Nc1cccc2ccccc12)C(=O)C1CCN(C(=O)c2ccco2)CC1. The Bertz CT molecular complexity index is 1080. The molecule has 1 aliphatic rings. The van der Waals surface area contributed by atoms with Crippen LogP contribution in [-0.2, 0) is 9.59 Å². The minimum atomic E-state index is -0.238. The number of fused-ring (bicyclic) bond motifs is 1. The maximum Gasteiger partial charge on any atom is 0.289 e. The maximum absolute atomic E-state index is 12.8. The number of carbonyl (C=O) groups excluding carboxylic acids is 3. The lowest BCUT2D eigenvalue weighted by atomic mass is 9.95. The molecule has 0 atom stereocenters. The Morgan fingerprint density at radius 1 is 1.03 bits per heavy atom. The number of amides is 3. The number of rotatable bonds is 5. The first kappa shape index (κ1) is 20.7. The topological polar surface area (TPSA) is 82.9 Å². The number of nitrogens with zero attached hydrogens (tertiary/aromatic N) is 2. The highest BCUT2D eigenvalue weighted by Gasteiger charge is 2.30. The second-order valence-electron chi connectivity index (χ2n) is 7.81. The van der Waals surface area contributed by atoms with Crippen molar-refractivity contribution in [1.82, 2.24) is 9.80 Å². The number of hydrogen-bond acceptors (Lipinski definition) is 4. The highest BCUT2D eigenvalue weighted by atomic mass is 16.3. The first-order valence-corrected chi connectivity index (χ1v) is 10.4. The van der Waals surface area contributed by atoms with E-state index >= 15 is 0 Å². The van der Waals surface area contributed by atoms with E-state index in [9.17, 15) is 14.4 Å². The van der Waals surface area contributed by atoms with Crippen molar-refractivity contribution in [3.05, 3.63) is 66.6 Å². The third-order valence-electron chi connectivity index (χ3n) is 5.68. The Labute approximate surface area is 180 Å². The smallest absolute Gasteiger partial charge is 0.289 e. The van der Waals surface area contributed by atoms with Crippen LogP contribution in [0.4, 0.5) is 5.69 Å². The Morgan fingerprint density at radius 2 is 1.77 bits per heavy atom. The van der Waals surface area contributed by atoms with Gasteiger partial charge in [-0.1, -0.05) is 36.4 Å². The van der Waals surface area contributed by atoms with E-state index < -0.39 is 0 Å². The lowest BCUT2D eigenvalue weighted by molar-refractivity contribution is -0.138. The monoisotopic (exact) mass is 419 g/mol. The predicted octanol–water partition coefficient (Wildman–Crippen LogP) is 3.38. The molecule has 3 aromatic rings. The van der Waals surface area contributed by atoms with E-state index in [4.69, 9.17) is 4.42 Å². The molecule has 1 aliphatic heterocycles. The Balaban J connectivity index is 1.30. The van der Waals surface area contributed by atoms with Gasteiger partial charge in [0.25, 0.3) is 5.91 Å². The molecule has 31 heavy (non-hydrogen) atoms. The number of carbonyl (C=O) groups is 3. The number of furan rings is 1. The van der Waals surface area contributed by atoms with E-state index in [1.165, 1.54) is 11.2 Å². The molecule has 0 radical (unpaired) electrons. The summed E-state index contributed by atoms with van der Waals surface area (Å²) in [5.41, 5.74) is 0.730. The van der Waals surface area contributed by atoms with Gasteiger partial charge < -0.3 is 19.5 Å². The zero-order chi connectivity index (χ0) is 21.8. The van der Waals surface area contributed by atoms with Crippen LogP contribution in [-0.4, -0.2) is 54.2 Å². The molecule has 7 nitrogen and oxygen atoms in total. The Kier molecular flexibility index (Phi) is 6.02. The van der Waals surface area contributed by atoms with Crippen LogP contribution in [0.5, 0.6) is 0 Å². The van der Waals surface area contributed by atoms with Crippen molar-refractivity contribution in [1.29, 1.82) is 0 Å². The largest absolute Gasteiger partial charge is 0.459 e. The average Bonchev–Trinajstić information content (AvgIpc) is 3.33. The summed E-state index contributed by atoms with van der Waals surface area (Å²) in [6.07, 6.45) is 2.61. The van der Waals surface area contributed by atoms with Crippen molar-refractivity contribution in [2.45, 2.75) is 12.8 Å². The van der Waals surface area contributed by atoms with Crippen molar-refractivity contribution in [2.75, 3.05) is 32.0 Å². The molecule has 0 unspecified atom stereocenters. The molecule has 160 valence electrons. The molecule has 7 heteroatoms. The fraction of sp³-hybridized carbons (Fsp3) is 0.292. The standard InChI is InChI=1S/C24H25N3O4/c1-26(16-22(28)25-20-9-4-7-17-6-2-3-8-19(17)20)23(29)18-11-13-27(14-12-18)24(30)21-10-5-15-31-21/h2-10,15,18H,11-14,16H2,1H3,(H,25,28). The van der Waals surface area contributed by atoms with E-state index in [1.807, 2.05) is 42.5 Å². The second kappa shape index (κ2) is 9.04. The number of nitrogens with one attached hydrogen (secondary N) is 1. The quantitative estimate of drug-likeness (QED) is 0.687. The van der Waals surface area contributed by atoms with Crippen LogP contribution in [0.3, 0.4) is 0 Å². The van der Waals surface area contributed by atoms with Gasteiger partial charge >= 0.3 is 0 Å². The van der Waals surface area contributed by atoms with E-state index in [-0.39, 0.29) is 30.2 Å². The van der Waals surface area contributed by atoms with E-state index in [2.05, 4.69) is 5.32 Å². The summed E-state index contributed by atoms with van der Waals surface area (Å²) in [5, 5.41) is 4.92. The number of likely N-dealkylation sites (N-methyl/N-ethyl adjacent to an activating group) is 1. The van der Waals surface area contributed by atoms with Gasteiger partial charge in [-0.05, 0) is 36.4 Å². The molecule has 0 bridgehead atoms. The van der Waals surface area contributed by atoms with Gasteiger partial charge in [0.15, 0.2) is 5.76 Å². The van der Waals surface area contributed by atoms with Crippen molar-refractivity contribution >= 4 is 34.2 Å². The zero-order valence-electron chi connectivity index (χ0n) is 17.4. The molecular formula is C24H25N3O4. The molecule has 3 amide bonds. The van der Waals surface area contributed by atoms with Gasteiger partial charge in [-0.3, -0.25) is 14.4 Å². The summed E-state index contributed by atoms with van der Waals surface area (Å²) >= 11 is 0. The Morgan fingerprint density at radius 3 is 2.52 bits per heavy atom. The summed E-state index contributed by atoms with van der Waals surface area (Å²) in [6, 6.07) is 16.9. The number of piperidine rings is 1. The number of hydrogen-bond donors (Lipinski definition) is 1. The number of likely N-dealkylation sites (tertiary alicyclic amines) is 1. The third-order valence-corrected chi connectivity index (χ3v) is 5.68. The number of benzene rings is 2. The molecule has 4 rings (SSSR count). The molecule has 0 saturated carbocycles. The third kappa shape index (κ3) is 4.60. The van der Waals surface area contributed by atoms with Crippen molar-refractivity contribution in [3.8, 4) is 0 Å². The maximum atomic E-state index is 12.8. The van der Waals surface area contributed by atoms with Crippen molar-refractivity contribution < 1.29 is 18.8 Å². The van der Waals surface area contributed by atoms with Crippen molar-refractivity contribution in [3.63, 3.8) is 0 Å².